The molecule has 1 aliphatic heterocycles. The quantitative estimate of drug-likeness (QED) is 0.862. The van der Waals surface area contributed by atoms with E-state index in [4.69, 9.17) is 4.74 Å². The van der Waals surface area contributed by atoms with Gasteiger partial charge in [0.05, 0.1) is 12.1 Å². The molecule has 1 N–H and O–H groups in total. The summed E-state index contributed by atoms with van der Waals surface area (Å²) in [7, 11) is 1.98. The van der Waals surface area contributed by atoms with Crippen LogP contribution in [0.5, 0.6) is 0 Å². The number of nitrogens with one attached hydrogen (secondary N) is 1. The van der Waals surface area contributed by atoms with Crippen molar-refractivity contribution in [3.05, 3.63) is 0 Å². The van der Waals surface area contributed by atoms with Crippen molar-refractivity contribution in [2.24, 2.45) is 23.2 Å². The number of rotatable bonds is 4. The average Bonchev–Trinajstić information content (AvgIpc) is 2.99. The minimum Gasteiger partial charge on any atom is -0.376 e. The molecule has 2 atom stereocenters. The largest absolute Gasteiger partial charge is 0.376 e. The van der Waals surface area contributed by atoms with Gasteiger partial charge in [-0.15, -0.1) is 0 Å². The number of nitrogens with zero attached hydrogens (tertiary/aromatic N) is 1. The van der Waals surface area contributed by atoms with Gasteiger partial charge < -0.3 is 15.0 Å². The van der Waals surface area contributed by atoms with Crippen LogP contribution in [0.15, 0.2) is 0 Å². The molecule has 0 aromatic heterocycles. The van der Waals surface area contributed by atoms with Crippen LogP contribution in [0.3, 0.4) is 0 Å². The molecule has 0 aromatic carbocycles. The Morgan fingerprint density at radius 3 is 2.35 bits per heavy atom. The topological polar surface area (TPSA) is 41.6 Å². The van der Waals surface area contributed by atoms with E-state index in [2.05, 4.69) is 12.2 Å². The fraction of sp³-hybridized carbons (Fsp3) is 0.947. The monoisotopic (exact) mass is 320 g/mol. The lowest BCUT2D eigenvalue weighted by molar-refractivity contribution is -0.0618. The summed E-state index contributed by atoms with van der Waals surface area (Å²) in [5.74, 6) is 2.84. The van der Waals surface area contributed by atoms with Crippen molar-refractivity contribution in [2.75, 3.05) is 20.2 Å². The third-order valence-corrected chi connectivity index (χ3v) is 6.96. The first kappa shape index (κ1) is 15.7. The molecule has 0 radical (unpaired) electrons. The van der Waals surface area contributed by atoms with E-state index in [0.717, 1.165) is 43.7 Å². The summed E-state index contributed by atoms with van der Waals surface area (Å²) in [5, 5.41) is 3.17. The van der Waals surface area contributed by atoms with Crippen LogP contribution in [0.4, 0.5) is 4.79 Å². The van der Waals surface area contributed by atoms with Crippen LogP contribution in [-0.2, 0) is 4.74 Å². The van der Waals surface area contributed by atoms with E-state index in [1.165, 1.54) is 38.5 Å². The van der Waals surface area contributed by atoms with E-state index in [1.807, 2.05) is 11.9 Å². The van der Waals surface area contributed by atoms with E-state index in [-0.39, 0.29) is 18.2 Å². The Balaban J connectivity index is 1.34. The summed E-state index contributed by atoms with van der Waals surface area (Å²) in [6, 6.07) is 0.201. The molecule has 2 amide bonds. The SMILES string of the molecule is C[C@H](NC(=O)N(C)CC12CC3CC(CC(C3)C1)C2)[C@@H]1CCCO1. The van der Waals surface area contributed by atoms with Crippen LogP contribution in [0.2, 0.25) is 0 Å². The van der Waals surface area contributed by atoms with Gasteiger partial charge in [0.1, 0.15) is 0 Å². The molecule has 0 unspecified atom stereocenters. The van der Waals surface area contributed by atoms with E-state index >= 15 is 0 Å². The van der Waals surface area contributed by atoms with Gasteiger partial charge >= 0.3 is 6.03 Å². The molecule has 4 nitrogen and oxygen atoms in total. The Morgan fingerprint density at radius 1 is 1.22 bits per heavy atom. The highest BCUT2D eigenvalue weighted by molar-refractivity contribution is 5.74. The molecular weight excluding hydrogens is 288 g/mol. The molecule has 5 fully saturated rings. The standard InChI is InChI=1S/C19H32N2O2/c1-13(17-4-3-5-23-17)20-18(22)21(2)12-19-9-14-6-15(10-19)8-16(7-14)11-19/h13-17H,3-12H2,1-2H3,(H,20,22)/t13-,14?,15?,16?,17-,19?/m0/s1. The van der Waals surface area contributed by atoms with E-state index in [9.17, 15) is 4.79 Å². The van der Waals surface area contributed by atoms with Crippen LogP contribution in [0, 0.1) is 23.2 Å². The van der Waals surface area contributed by atoms with Gasteiger partial charge in [-0.25, -0.2) is 4.79 Å². The van der Waals surface area contributed by atoms with Crippen LogP contribution in [-0.4, -0.2) is 43.3 Å². The summed E-state index contributed by atoms with van der Waals surface area (Å²) in [6.07, 6.45) is 10.9. The molecule has 1 heterocycles. The Morgan fingerprint density at radius 2 is 1.83 bits per heavy atom. The molecular formula is C19H32N2O2. The molecule has 23 heavy (non-hydrogen) atoms. The van der Waals surface area contributed by atoms with Crippen molar-refractivity contribution in [3.8, 4) is 0 Å². The first-order valence-electron chi connectivity index (χ1n) is 9.66. The van der Waals surface area contributed by atoms with Crippen molar-refractivity contribution in [1.82, 2.24) is 10.2 Å². The Labute approximate surface area is 140 Å². The number of hydrogen-bond donors (Lipinski definition) is 1. The van der Waals surface area contributed by atoms with Crippen molar-refractivity contribution in [3.63, 3.8) is 0 Å². The van der Waals surface area contributed by atoms with Crippen LogP contribution < -0.4 is 5.32 Å². The second-order valence-electron chi connectivity index (χ2n) is 9.06. The number of ether oxygens (including phenoxy) is 1. The zero-order valence-electron chi connectivity index (χ0n) is 14.7. The summed E-state index contributed by atoms with van der Waals surface area (Å²) < 4.78 is 5.70. The molecule has 5 aliphatic rings. The van der Waals surface area contributed by atoms with Crippen LogP contribution in [0.1, 0.15) is 58.3 Å². The lowest BCUT2D eigenvalue weighted by Gasteiger charge is -2.57. The zero-order chi connectivity index (χ0) is 16.0. The molecule has 0 aromatic rings. The maximum atomic E-state index is 12.6. The van der Waals surface area contributed by atoms with Gasteiger partial charge in [-0.2, -0.15) is 0 Å². The molecule has 1 saturated heterocycles. The van der Waals surface area contributed by atoms with Gasteiger partial charge in [0.2, 0.25) is 0 Å². The van der Waals surface area contributed by atoms with Crippen LogP contribution in [0.25, 0.3) is 0 Å². The molecule has 4 bridgehead atoms. The zero-order valence-corrected chi connectivity index (χ0v) is 14.7. The minimum atomic E-state index is 0.0868. The van der Waals surface area contributed by atoms with Crippen molar-refractivity contribution in [1.29, 1.82) is 0 Å². The van der Waals surface area contributed by atoms with Crippen LogP contribution >= 0.6 is 0 Å². The number of urea groups is 1. The molecule has 5 rings (SSSR count). The van der Waals surface area contributed by atoms with Gasteiger partial charge in [-0.05, 0) is 81.5 Å². The number of amides is 2. The number of carbonyl (C=O) groups is 1. The van der Waals surface area contributed by atoms with Gasteiger partial charge in [0.15, 0.2) is 0 Å². The van der Waals surface area contributed by atoms with E-state index < -0.39 is 0 Å². The van der Waals surface area contributed by atoms with Crippen molar-refractivity contribution < 1.29 is 9.53 Å². The lowest BCUT2D eigenvalue weighted by Crippen LogP contribution is -2.54. The Kier molecular flexibility index (Phi) is 4.07. The highest BCUT2D eigenvalue weighted by Gasteiger charge is 2.51. The first-order chi connectivity index (χ1) is 11.0. The Hall–Kier alpha value is -0.770. The predicted octanol–water partition coefficient (Wildman–Crippen LogP) is 3.41. The fourth-order valence-electron chi connectivity index (χ4n) is 6.45. The van der Waals surface area contributed by atoms with Gasteiger partial charge in [-0.3, -0.25) is 0 Å². The number of hydrogen-bond acceptors (Lipinski definition) is 2. The highest BCUT2D eigenvalue weighted by Crippen LogP contribution is 2.60. The predicted molar refractivity (Wildman–Crippen MR) is 90.2 cm³/mol. The highest BCUT2D eigenvalue weighted by atomic mass is 16.5. The average molecular weight is 320 g/mol. The molecule has 4 saturated carbocycles. The first-order valence-corrected chi connectivity index (χ1v) is 9.66. The van der Waals surface area contributed by atoms with E-state index in [1.54, 1.807) is 0 Å². The third kappa shape index (κ3) is 3.11. The van der Waals surface area contributed by atoms with Crippen molar-refractivity contribution in [2.45, 2.75) is 70.4 Å². The molecule has 4 aliphatic carbocycles. The van der Waals surface area contributed by atoms with Gasteiger partial charge in [0, 0.05) is 20.2 Å². The summed E-state index contributed by atoms with van der Waals surface area (Å²) in [5.41, 5.74) is 0.425. The normalized spacial score (nSPS) is 42.7. The second-order valence-corrected chi connectivity index (χ2v) is 9.06. The smallest absolute Gasteiger partial charge is 0.317 e. The lowest BCUT2D eigenvalue weighted by atomic mass is 9.49. The second kappa shape index (κ2) is 5.94. The third-order valence-electron chi connectivity index (χ3n) is 6.96. The minimum absolute atomic E-state index is 0.0868. The van der Waals surface area contributed by atoms with Crippen molar-refractivity contribution >= 4 is 6.03 Å². The maximum Gasteiger partial charge on any atom is 0.317 e. The molecule has 130 valence electrons. The molecule has 0 spiro atoms. The fourth-order valence-corrected chi connectivity index (χ4v) is 6.45. The Bertz CT molecular complexity index is 423. The summed E-state index contributed by atoms with van der Waals surface area (Å²) in [4.78, 5) is 14.6. The summed E-state index contributed by atoms with van der Waals surface area (Å²) in [6.45, 7) is 3.86. The number of carbonyl (C=O) groups excluding carboxylic acids is 1. The molecule has 4 heteroatoms. The summed E-state index contributed by atoms with van der Waals surface area (Å²) >= 11 is 0. The maximum absolute atomic E-state index is 12.6. The van der Waals surface area contributed by atoms with E-state index in [0.29, 0.717) is 5.41 Å². The van der Waals surface area contributed by atoms with Gasteiger partial charge in [-0.1, -0.05) is 0 Å². The van der Waals surface area contributed by atoms with Gasteiger partial charge in [0.25, 0.3) is 0 Å².